The molecule has 0 heterocycles. The third-order valence-corrected chi connectivity index (χ3v) is 14.0. The van der Waals surface area contributed by atoms with Crippen LogP contribution in [0.25, 0.3) is 0 Å². The van der Waals surface area contributed by atoms with Crippen LogP contribution in [0.15, 0.2) is 24.3 Å². The van der Waals surface area contributed by atoms with Crippen LogP contribution in [0.3, 0.4) is 0 Å². The summed E-state index contributed by atoms with van der Waals surface area (Å²) in [6, 6.07) is 0. The van der Waals surface area contributed by atoms with Crippen molar-refractivity contribution in [1.82, 2.24) is 0 Å². The minimum Gasteiger partial charge on any atom is -0.462 e. The van der Waals surface area contributed by atoms with Gasteiger partial charge in [0, 0.05) is 19.3 Å². The van der Waals surface area contributed by atoms with Crippen LogP contribution < -0.4 is 0 Å². The molecular formula is C63H118O6. The number of ether oxygens (including phenoxy) is 3. The van der Waals surface area contributed by atoms with Crippen molar-refractivity contribution in [1.29, 1.82) is 0 Å². The number of esters is 3. The number of unbranched alkanes of at least 4 members (excludes halogenated alkanes) is 42. The van der Waals surface area contributed by atoms with Crippen LogP contribution in [0, 0.1) is 0 Å². The zero-order chi connectivity index (χ0) is 50.0. The van der Waals surface area contributed by atoms with Crippen molar-refractivity contribution < 1.29 is 28.6 Å². The normalized spacial score (nSPS) is 12.1. The molecule has 0 amide bonds. The molecule has 0 aromatic carbocycles. The van der Waals surface area contributed by atoms with Crippen molar-refractivity contribution in [2.24, 2.45) is 0 Å². The molecule has 0 aromatic heterocycles. The van der Waals surface area contributed by atoms with E-state index in [2.05, 4.69) is 45.1 Å². The van der Waals surface area contributed by atoms with E-state index in [0.29, 0.717) is 19.3 Å². The summed E-state index contributed by atoms with van der Waals surface area (Å²) >= 11 is 0. The summed E-state index contributed by atoms with van der Waals surface area (Å²) < 4.78 is 16.8. The maximum Gasteiger partial charge on any atom is 0.306 e. The van der Waals surface area contributed by atoms with E-state index in [-0.39, 0.29) is 31.1 Å². The lowest BCUT2D eigenvalue weighted by atomic mass is 10.0. The van der Waals surface area contributed by atoms with Gasteiger partial charge in [-0.25, -0.2) is 0 Å². The van der Waals surface area contributed by atoms with Gasteiger partial charge in [0.05, 0.1) is 0 Å². The topological polar surface area (TPSA) is 78.9 Å². The van der Waals surface area contributed by atoms with E-state index in [4.69, 9.17) is 14.2 Å². The van der Waals surface area contributed by atoms with Crippen LogP contribution >= 0.6 is 0 Å². The molecule has 69 heavy (non-hydrogen) atoms. The third-order valence-electron chi connectivity index (χ3n) is 14.0. The summed E-state index contributed by atoms with van der Waals surface area (Å²) in [4.78, 5) is 38.0. The smallest absolute Gasteiger partial charge is 0.306 e. The van der Waals surface area contributed by atoms with Crippen molar-refractivity contribution >= 4 is 17.9 Å². The van der Waals surface area contributed by atoms with Gasteiger partial charge in [0.2, 0.25) is 0 Å². The molecule has 0 saturated carbocycles. The highest BCUT2D eigenvalue weighted by molar-refractivity contribution is 5.71. The van der Waals surface area contributed by atoms with Gasteiger partial charge in [0.1, 0.15) is 13.2 Å². The van der Waals surface area contributed by atoms with Gasteiger partial charge in [-0.2, -0.15) is 0 Å². The van der Waals surface area contributed by atoms with Crippen LogP contribution in [0.2, 0.25) is 0 Å². The predicted octanol–water partition coefficient (Wildman–Crippen LogP) is 20.7. The molecule has 1 atom stereocenters. The molecule has 6 nitrogen and oxygen atoms in total. The molecule has 0 aliphatic rings. The first-order valence-corrected chi connectivity index (χ1v) is 30.8. The average molecular weight is 972 g/mol. The van der Waals surface area contributed by atoms with Gasteiger partial charge in [-0.05, 0) is 51.4 Å². The van der Waals surface area contributed by atoms with Crippen molar-refractivity contribution in [3.8, 4) is 0 Å². The number of hydrogen-bond acceptors (Lipinski definition) is 6. The van der Waals surface area contributed by atoms with Crippen LogP contribution in [-0.4, -0.2) is 37.2 Å². The van der Waals surface area contributed by atoms with Crippen molar-refractivity contribution in [3.63, 3.8) is 0 Å². The minimum atomic E-state index is -0.767. The number of hydrogen-bond donors (Lipinski definition) is 0. The SMILES string of the molecule is CCCCC/C=C\C/C=C\CCCCCCCCCCCC(=O)OC(COC(=O)CCCCCCCCC)COC(=O)CCCCCCCCCCCCCCCCCCCCCCCCCCC. The Morgan fingerprint density at radius 3 is 0.826 bits per heavy atom. The third kappa shape index (κ3) is 56.7. The van der Waals surface area contributed by atoms with E-state index >= 15 is 0 Å². The van der Waals surface area contributed by atoms with Crippen LogP contribution in [0.5, 0.6) is 0 Å². The molecule has 1 unspecified atom stereocenters. The van der Waals surface area contributed by atoms with Crippen molar-refractivity contribution in [2.75, 3.05) is 13.2 Å². The Morgan fingerprint density at radius 2 is 0.522 bits per heavy atom. The summed E-state index contributed by atoms with van der Waals surface area (Å²) in [6.45, 7) is 6.63. The molecule has 0 radical (unpaired) electrons. The molecule has 0 N–H and O–H groups in total. The first kappa shape index (κ1) is 66.9. The lowest BCUT2D eigenvalue weighted by molar-refractivity contribution is -0.167. The van der Waals surface area contributed by atoms with Gasteiger partial charge in [-0.1, -0.05) is 295 Å². The van der Waals surface area contributed by atoms with Crippen LogP contribution in [-0.2, 0) is 28.6 Å². The fraction of sp³-hybridized carbons (Fsp3) is 0.889. The molecule has 0 bridgehead atoms. The van der Waals surface area contributed by atoms with E-state index < -0.39 is 6.10 Å². The molecule has 0 rings (SSSR count). The fourth-order valence-corrected chi connectivity index (χ4v) is 9.30. The zero-order valence-corrected chi connectivity index (χ0v) is 46.6. The highest BCUT2D eigenvalue weighted by atomic mass is 16.6. The summed E-state index contributed by atoms with van der Waals surface area (Å²) in [5, 5.41) is 0. The number of carbonyl (C=O) groups is 3. The Hall–Kier alpha value is -2.11. The van der Waals surface area contributed by atoms with E-state index in [0.717, 1.165) is 64.2 Å². The maximum atomic E-state index is 12.8. The van der Waals surface area contributed by atoms with E-state index in [1.54, 1.807) is 0 Å². The number of carbonyl (C=O) groups excluding carboxylic acids is 3. The summed E-state index contributed by atoms with van der Waals surface area (Å²) in [5.41, 5.74) is 0. The average Bonchev–Trinajstić information content (AvgIpc) is 3.35. The van der Waals surface area contributed by atoms with Gasteiger partial charge < -0.3 is 14.2 Å². The lowest BCUT2D eigenvalue weighted by Crippen LogP contribution is -2.30. The molecular weight excluding hydrogens is 853 g/mol. The fourth-order valence-electron chi connectivity index (χ4n) is 9.30. The van der Waals surface area contributed by atoms with Crippen LogP contribution in [0.1, 0.15) is 342 Å². The summed E-state index contributed by atoms with van der Waals surface area (Å²) in [6.07, 6.45) is 69.2. The van der Waals surface area contributed by atoms with E-state index in [9.17, 15) is 14.4 Å². The monoisotopic (exact) mass is 971 g/mol. The van der Waals surface area contributed by atoms with Gasteiger partial charge in [0.15, 0.2) is 6.10 Å². The van der Waals surface area contributed by atoms with E-state index in [1.165, 1.54) is 238 Å². The van der Waals surface area contributed by atoms with Gasteiger partial charge in [-0.3, -0.25) is 14.4 Å². The molecule has 0 fully saturated rings. The molecule has 0 saturated heterocycles. The predicted molar refractivity (Wildman–Crippen MR) is 298 cm³/mol. The number of allylic oxidation sites excluding steroid dienone is 4. The van der Waals surface area contributed by atoms with Gasteiger partial charge in [0.25, 0.3) is 0 Å². The molecule has 0 aliphatic heterocycles. The Balaban J connectivity index is 4.08. The second-order valence-corrected chi connectivity index (χ2v) is 21.0. The number of rotatable bonds is 57. The second-order valence-electron chi connectivity index (χ2n) is 21.0. The Kier molecular flexibility index (Phi) is 56.7. The lowest BCUT2D eigenvalue weighted by Gasteiger charge is -2.18. The first-order valence-electron chi connectivity index (χ1n) is 30.8. The molecule has 0 aromatic rings. The highest BCUT2D eigenvalue weighted by Gasteiger charge is 2.19. The summed E-state index contributed by atoms with van der Waals surface area (Å²) in [5.74, 6) is -0.857. The second kappa shape index (κ2) is 58.5. The Morgan fingerprint density at radius 1 is 0.290 bits per heavy atom. The molecule has 0 aliphatic carbocycles. The van der Waals surface area contributed by atoms with Crippen LogP contribution in [0.4, 0.5) is 0 Å². The largest absolute Gasteiger partial charge is 0.462 e. The highest BCUT2D eigenvalue weighted by Crippen LogP contribution is 2.18. The van der Waals surface area contributed by atoms with Crippen molar-refractivity contribution in [3.05, 3.63) is 24.3 Å². The summed E-state index contributed by atoms with van der Waals surface area (Å²) in [7, 11) is 0. The Bertz CT molecular complexity index is 1110. The minimum absolute atomic E-state index is 0.0679. The van der Waals surface area contributed by atoms with Gasteiger partial charge >= 0.3 is 17.9 Å². The standard InChI is InChI=1S/C63H118O6/c1-4-7-10-13-16-18-20-22-24-26-28-29-30-31-32-33-35-36-38-40-42-44-47-50-53-56-62(65)68-59-60(58-67-61(64)55-52-49-46-15-12-9-6-3)69-63(66)57-54-51-48-45-43-41-39-37-34-27-25-23-21-19-17-14-11-8-5-2/h17,19,23,25,60H,4-16,18,20-22,24,26-59H2,1-3H3/b19-17-,25-23-. The molecule has 6 heteroatoms. The van der Waals surface area contributed by atoms with Crippen molar-refractivity contribution in [2.45, 2.75) is 348 Å². The molecule has 0 spiro atoms. The van der Waals surface area contributed by atoms with E-state index in [1.807, 2.05) is 0 Å². The maximum absolute atomic E-state index is 12.8. The zero-order valence-electron chi connectivity index (χ0n) is 46.6. The quantitative estimate of drug-likeness (QED) is 0.0261. The Labute approximate surface area is 430 Å². The molecule has 406 valence electrons. The first-order chi connectivity index (χ1) is 34.0. The van der Waals surface area contributed by atoms with Gasteiger partial charge in [-0.15, -0.1) is 0 Å².